The number of nitrogens with zero attached hydrogens (tertiary/aromatic N) is 1. The number of benzene rings is 2. The highest BCUT2D eigenvalue weighted by atomic mass is 16.3. The maximum Gasteiger partial charge on any atom is 0.294 e. The van der Waals surface area contributed by atoms with Crippen molar-refractivity contribution in [2.75, 3.05) is 4.90 Å². The van der Waals surface area contributed by atoms with E-state index >= 15 is 0 Å². The molecular formula is C18H15NO2. The summed E-state index contributed by atoms with van der Waals surface area (Å²) in [6.45, 7) is 2.07. The van der Waals surface area contributed by atoms with Gasteiger partial charge in [-0.3, -0.25) is 4.79 Å². The van der Waals surface area contributed by atoms with Gasteiger partial charge in [-0.1, -0.05) is 36.4 Å². The Labute approximate surface area is 122 Å². The first-order valence-electron chi connectivity index (χ1n) is 7.14. The van der Waals surface area contributed by atoms with Crippen LogP contribution in [0.4, 0.5) is 5.69 Å². The predicted molar refractivity (Wildman–Crippen MR) is 82.6 cm³/mol. The summed E-state index contributed by atoms with van der Waals surface area (Å²) in [6, 6.07) is 17.7. The minimum absolute atomic E-state index is 0.0661. The molecule has 1 unspecified atom stereocenters. The molecule has 0 spiro atoms. The van der Waals surface area contributed by atoms with Crippen molar-refractivity contribution in [2.45, 2.75) is 19.4 Å². The Hall–Kier alpha value is -2.55. The number of amides is 1. The van der Waals surface area contributed by atoms with E-state index in [-0.39, 0.29) is 11.9 Å². The normalized spacial score (nSPS) is 17.2. The number of rotatable bonds is 1. The van der Waals surface area contributed by atoms with Crippen molar-refractivity contribution >= 4 is 22.6 Å². The molecule has 3 aromatic rings. The molecule has 0 N–H and O–H groups in total. The quantitative estimate of drug-likeness (QED) is 0.673. The van der Waals surface area contributed by atoms with Crippen molar-refractivity contribution < 1.29 is 9.21 Å². The van der Waals surface area contributed by atoms with E-state index in [0.717, 1.165) is 23.1 Å². The molecule has 2 aromatic carbocycles. The van der Waals surface area contributed by atoms with Crippen LogP contribution in [0.25, 0.3) is 11.0 Å². The summed E-state index contributed by atoms with van der Waals surface area (Å²) in [6.07, 6.45) is 0.891. The summed E-state index contributed by atoms with van der Waals surface area (Å²) in [7, 11) is 0. The second kappa shape index (κ2) is 4.48. The van der Waals surface area contributed by atoms with Gasteiger partial charge in [0, 0.05) is 17.1 Å². The summed E-state index contributed by atoms with van der Waals surface area (Å²) in [5.41, 5.74) is 2.96. The molecule has 3 nitrogen and oxygen atoms in total. The van der Waals surface area contributed by atoms with Gasteiger partial charge in [0.1, 0.15) is 5.58 Å². The highest BCUT2D eigenvalue weighted by Crippen LogP contribution is 2.33. The number of carbonyl (C=O) groups is 1. The first kappa shape index (κ1) is 12.2. The Bertz CT molecular complexity index is 801. The zero-order valence-corrected chi connectivity index (χ0v) is 11.7. The standard InChI is InChI=1S/C18H15NO2/c1-12-10-13-6-2-4-8-15(13)19(12)18(20)17-11-14-7-3-5-9-16(14)21-17/h2-9,11-12H,10H2,1H3. The molecule has 1 amide bonds. The van der Waals surface area contributed by atoms with Crippen LogP contribution < -0.4 is 4.90 Å². The van der Waals surface area contributed by atoms with Crippen LogP contribution in [0.1, 0.15) is 23.0 Å². The molecule has 0 bridgehead atoms. The third-order valence-electron chi connectivity index (χ3n) is 4.06. The second-order valence-electron chi connectivity index (χ2n) is 5.51. The number of para-hydroxylation sites is 2. The van der Waals surface area contributed by atoms with Gasteiger partial charge in [0.15, 0.2) is 5.76 Å². The van der Waals surface area contributed by atoms with Crippen LogP contribution in [0.2, 0.25) is 0 Å². The van der Waals surface area contributed by atoms with Crippen molar-refractivity contribution in [3.8, 4) is 0 Å². The minimum Gasteiger partial charge on any atom is -0.451 e. The molecular weight excluding hydrogens is 262 g/mol. The lowest BCUT2D eigenvalue weighted by atomic mass is 10.1. The number of anilines is 1. The van der Waals surface area contributed by atoms with Gasteiger partial charge in [-0.25, -0.2) is 0 Å². The van der Waals surface area contributed by atoms with Crippen LogP contribution in [0, 0.1) is 0 Å². The van der Waals surface area contributed by atoms with Gasteiger partial charge < -0.3 is 9.32 Å². The van der Waals surface area contributed by atoms with Gasteiger partial charge in [0.25, 0.3) is 5.91 Å². The average molecular weight is 277 g/mol. The van der Waals surface area contributed by atoms with Crippen molar-refractivity contribution in [2.24, 2.45) is 0 Å². The lowest BCUT2D eigenvalue weighted by molar-refractivity contribution is 0.0957. The van der Waals surface area contributed by atoms with Crippen LogP contribution in [-0.4, -0.2) is 11.9 Å². The Morgan fingerprint density at radius 1 is 1.14 bits per heavy atom. The Balaban J connectivity index is 1.77. The topological polar surface area (TPSA) is 33.5 Å². The maximum absolute atomic E-state index is 12.8. The van der Waals surface area contributed by atoms with E-state index < -0.39 is 0 Å². The first-order valence-corrected chi connectivity index (χ1v) is 7.14. The van der Waals surface area contributed by atoms with Gasteiger partial charge in [-0.2, -0.15) is 0 Å². The lowest BCUT2D eigenvalue weighted by Crippen LogP contribution is -2.35. The van der Waals surface area contributed by atoms with E-state index in [0.29, 0.717) is 5.76 Å². The smallest absolute Gasteiger partial charge is 0.294 e. The van der Waals surface area contributed by atoms with E-state index in [1.165, 1.54) is 5.56 Å². The molecule has 2 heterocycles. The van der Waals surface area contributed by atoms with Gasteiger partial charge in [-0.15, -0.1) is 0 Å². The molecule has 0 saturated carbocycles. The summed E-state index contributed by atoms with van der Waals surface area (Å²) < 4.78 is 5.71. The number of fused-ring (bicyclic) bond motifs is 2. The van der Waals surface area contributed by atoms with Gasteiger partial charge in [-0.05, 0) is 37.1 Å². The van der Waals surface area contributed by atoms with E-state index in [1.807, 2.05) is 53.4 Å². The Kier molecular flexibility index (Phi) is 2.61. The molecule has 1 aliphatic rings. The molecule has 3 heteroatoms. The van der Waals surface area contributed by atoms with E-state index in [2.05, 4.69) is 13.0 Å². The molecule has 1 aliphatic heterocycles. The third-order valence-corrected chi connectivity index (χ3v) is 4.06. The molecule has 21 heavy (non-hydrogen) atoms. The molecule has 4 rings (SSSR count). The maximum atomic E-state index is 12.8. The summed E-state index contributed by atoms with van der Waals surface area (Å²) >= 11 is 0. The van der Waals surface area contributed by atoms with Gasteiger partial charge in [0.05, 0.1) is 0 Å². The second-order valence-corrected chi connectivity index (χ2v) is 5.51. The highest BCUT2D eigenvalue weighted by Gasteiger charge is 2.32. The summed E-state index contributed by atoms with van der Waals surface area (Å²) in [5, 5.41) is 0.959. The first-order chi connectivity index (χ1) is 10.2. The molecule has 0 radical (unpaired) electrons. The number of hydrogen-bond donors (Lipinski definition) is 0. The van der Waals surface area contributed by atoms with Crippen molar-refractivity contribution in [3.05, 3.63) is 65.9 Å². The molecule has 0 aliphatic carbocycles. The third kappa shape index (κ3) is 1.85. The van der Waals surface area contributed by atoms with Gasteiger partial charge >= 0.3 is 0 Å². The summed E-state index contributed by atoms with van der Waals surface area (Å²) in [5.74, 6) is 0.336. The van der Waals surface area contributed by atoms with Crippen molar-refractivity contribution in [1.82, 2.24) is 0 Å². The monoisotopic (exact) mass is 277 g/mol. The molecule has 104 valence electrons. The zero-order valence-electron chi connectivity index (χ0n) is 11.7. The van der Waals surface area contributed by atoms with E-state index in [9.17, 15) is 4.79 Å². The number of carbonyl (C=O) groups excluding carboxylic acids is 1. The highest BCUT2D eigenvalue weighted by molar-refractivity contribution is 6.07. The van der Waals surface area contributed by atoms with Crippen LogP contribution in [0.3, 0.4) is 0 Å². The van der Waals surface area contributed by atoms with Gasteiger partial charge in [0.2, 0.25) is 0 Å². The fourth-order valence-corrected chi connectivity index (χ4v) is 3.08. The molecule has 0 fully saturated rings. The fraction of sp³-hybridized carbons (Fsp3) is 0.167. The number of hydrogen-bond acceptors (Lipinski definition) is 2. The van der Waals surface area contributed by atoms with Crippen LogP contribution in [0.15, 0.2) is 59.0 Å². The average Bonchev–Trinajstić information content (AvgIpc) is 3.06. The fourth-order valence-electron chi connectivity index (χ4n) is 3.08. The van der Waals surface area contributed by atoms with Crippen LogP contribution in [0.5, 0.6) is 0 Å². The zero-order chi connectivity index (χ0) is 14.4. The molecule has 0 saturated heterocycles. The van der Waals surface area contributed by atoms with Crippen LogP contribution >= 0.6 is 0 Å². The van der Waals surface area contributed by atoms with Crippen LogP contribution in [-0.2, 0) is 6.42 Å². The van der Waals surface area contributed by atoms with Crippen molar-refractivity contribution in [1.29, 1.82) is 0 Å². The molecule has 1 aromatic heterocycles. The minimum atomic E-state index is -0.0661. The SMILES string of the molecule is CC1Cc2ccccc2N1C(=O)c1cc2ccccc2o1. The van der Waals surface area contributed by atoms with E-state index in [4.69, 9.17) is 4.42 Å². The molecule has 1 atom stereocenters. The lowest BCUT2D eigenvalue weighted by Gasteiger charge is -2.21. The van der Waals surface area contributed by atoms with Crippen molar-refractivity contribution in [3.63, 3.8) is 0 Å². The summed E-state index contributed by atoms with van der Waals surface area (Å²) in [4.78, 5) is 14.7. The Morgan fingerprint density at radius 3 is 2.76 bits per heavy atom. The number of furan rings is 1. The largest absolute Gasteiger partial charge is 0.451 e. The Morgan fingerprint density at radius 2 is 1.90 bits per heavy atom. The predicted octanol–water partition coefficient (Wildman–Crippen LogP) is 4.02. The van der Waals surface area contributed by atoms with E-state index in [1.54, 1.807) is 0 Å².